The van der Waals surface area contributed by atoms with Gasteiger partial charge in [0.05, 0.1) is 10.7 Å². The molecule has 1 aliphatic carbocycles. The van der Waals surface area contributed by atoms with Crippen molar-refractivity contribution in [3.8, 4) is 0 Å². The predicted octanol–water partition coefficient (Wildman–Crippen LogP) is 2.72. The largest absolute Gasteiger partial charge is 0.327 e. The molecule has 2 nitrogen and oxygen atoms in total. The summed E-state index contributed by atoms with van der Waals surface area (Å²) in [6, 6.07) is 0.423. The van der Waals surface area contributed by atoms with Crippen LogP contribution in [0.5, 0.6) is 0 Å². The van der Waals surface area contributed by atoms with Gasteiger partial charge in [0, 0.05) is 23.3 Å². The third-order valence-corrected chi connectivity index (χ3v) is 4.10. The van der Waals surface area contributed by atoms with Crippen LogP contribution < -0.4 is 5.73 Å². The SMILES string of the molecule is CC(C)(C)c1csc(CC2CCC2N)n1. The van der Waals surface area contributed by atoms with Gasteiger partial charge in [-0.1, -0.05) is 20.8 Å². The normalized spacial score (nSPS) is 26.4. The Morgan fingerprint density at radius 3 is 2.60 bits per heavy atom. The lowest BCUT2D eigenvalue weighted by molar-refractivity contribution is 0.255. The summed E-state index contributed by atoms with van der Waals surface area (Å²) in [6.45, 7) is 6.63. The summed E-state index contributed by atoms with van der Waals surface area (Å²) >= 11 is 1.79. The van der Waals surface area contributed by atoms with Crippen LogP contribution in [0.2, 0.25) is 0 Å². The van der Waals surface area contributed by atoms with Crippen LogP contribution in [-0.2, 0) is 11.8 Å². The van der Waals surface area contributed by atoms with Crippen molar-refractivity contribution in [1.29, 1.82) is 0 Å². The van der Waals surface area contributed by atoms with Crippen LogP contribution in [0.4, 0.5) is 0 Å². The van der Waals surface area contributed by atoms with Gasteiger partial charge >= 0.3 is 0 Å². The van der Waals surface area contributed by atoms with Crippen molar-refractivity contribution in [3.63, 3.8) is 0 Å². The maximum absolute atomic E-state index is 5.94. The van der Waals surface area contributed by atoms with Crippen molar-refractivity contribution in [1.82, 2.24) is 4.98 Å². The highest BCUT2D eigenvalue weighted by Gasteiger charge is 2.28. The van der Waals surface area contributed by atoms with Crippen molar-refractivity contribution in [3.05, 3.63) is 16.1 Å². The predicted molar refractivity (Wildman–Crippen MR) is 65.2 cm³/mol. The minimum atomic E-state index is 0.177. The Kier molecular flexibility index (Phi) is 2.86. The van der Waals surface area contributed by atoms with Gasteiger partial charge in [0.25, 0.3) is 0 Å². The standard InChI is InChI=1S/C12H20N2S/c1-12(2,3)10-7-15-11(14-10)6-8-4-5-9(8)13/h7-9H,4-6,13H2,1-3H3. The van der Waals surface area contributed by atoms with Gasteiger partial charge in [0.2, 0.25) is 0 Å². The van der Waals surface area contributed by atoms with Crippen molar-refractivity contribution in [2.45, 2.75) is 51.5 Å². The van der Waals surface area contributed by atoms with E-state index in [2.05, 4.69) is 26.2 Å². The molecule has 2 atom stereocenters. The fourth-order valence-electron chi connectivity index (χ4n) is 1.82. The highest BCUT2D eigenvalue weighted by atomic mass is 32.1. The van der Waals surface area contributed by atoms with Gasteiger partial charge in [-0.2, -0.15) is 0 Å². The molecule has 0 spiro atoms. The molecule has 1 fully saturated rings. The second kappa shape index (κ2) is 3.87. The van der Waals surface area contributed by atoms with E-state index in [9.17, 15) is 0 Å². The quantitative estimate of drug-likeness (QED) is 0.839. The number of hydrogen-bond acceptors (Lipinski definition) is 3. The first-order valence-corrected chi connectivity index (χ1v) is 6.55. The van der Waals surface area contributed by atoms with Gasteiger partial charge in [0.1, 0.15) is 0 Å². The van der Waals surface area contributed by atoms with Crippen molar-refractivity contribution in [2.24, 2.45) is 11.7 Å². The van der Waals surface area contributed by atoms with Crippen molar-refractivity contribution >= 4 is 11.3 Å². The molecule has 2 rings (SSSR count). The zero-order valence-corrected chi connectivity index (χ0v) is 10.6. The molecule has 2 unspecified atom stereocenters. The molecule has 2 N–H and O–H groups in total. The lowest BCUT2D eigenvalue weighted by Crippen LogP contribution is -2.40. The summed E-state index contributed by atoms with van der Waals surface area (Å²) < 4.78 is 0. The molecule has 1 aromatic rings. The smallest absolute Gasteiger partial charge is 0.0931 e. The van der Waals surface area contributed by atoms with E-state index >= 15 is 0 Å². The molecule has 15 heavy (non-hydrogen) atoms. The maximum Gasteiger partial charge on any atom is 0.0931 e. The summed E-state index contributed by atoms with van der Waals surface area (Å²) in [4.78, 5) is 4.70. The molecule has 1 aromatic heterocycles. The van der Waals surface area contributed by atoms with Crippen molar-refractivity contribution in [2.75, 3.05) is 0 Å². The summed E-state index contributed by atoms with van der Waals surface area (Å²) in [5.74, 6) is 0.684. The lowest BCUT2D eigenvalue weighted by atomic mass is 9.78. The Bertz CT molecular complexity index is 338. The van der Waals surface area contributed by atoms with E-state index in [0.717, 1.165) is 6.42 Å². The highest BCUT2D eigenvalue weighted by molar-refractivity contribution is 7.09. The van der Waals surface area contributed by atoms with E-state index < -0.39 is 0 Å². The average molecular weight is 224 g/mol. The number of nitrogens with zero attached hydrogens (tertiary/aromatic N) is 1. The lowest BCUT2D eigenvalue weighted by Gasteiger charge is -2.32. The van der Waals surface area contributed by atoms with Crippen LogP contribution >= 0.6 is 11.3 Å². The number of rotatable bonds is 2. The van der Waals surface area contributed by atoms with Crippen LogP contribution in [-0.4, -0.2) is 11.0 Å². The maximum atomic E-state index is 5.94. The van der Waals surface area contributed by atoms with Crippen LogP contribution in [0.25, 0.3) is 0 Å². The molecule has 0 aliphatic heterocycles. The Labute approximate surface area is 95.9 Å². The Morgan fingerprint density at radius 1 is 1.47 bits per heavy atom. The van der Waals surface area contributed by atoms with E-state index in [1.807, 2.05) is 0 Å². The monoisotopic (exact) mass is 224 g/mol. The first kappa shape index (κ1) is 11.1. The molecule has 0 saturated heterocycles. The molecule has 0 bridgehead atoms. The molecule has 3 heteroatoms. The zero-order valence-electron chi connectivity index (χ0n) is 9.79. The first-order chi connectivity index (χ1) is 6.97. The van der Waals surface area contributed by atoms with E-state index in [4.69, 9.17) is 10.7 Å². The Morgan fingerprint density at radius 2 is 2.20 bits per heavy atom. The molecule has 0 amide bonds. The van der Waals surface area contributed by atoms with Gasteiger partial charge < -0.3 is 5.73 Å². The fourth-order valence-corrected chi connectivity index (χ4v) is 2.94. The van der Waals surface area contributed by atoms with Gasteiger partial charge in [-0.25, -0.2) is 4.98 Å². The molecule has 84 valence electrons. The first-order valence-electron chi connectivity index (χ1n) is 5.67. The second-order valence-corrected chi connectivity index (χ2v) is 6.52. The molecule has 0 radical (unpaired) electrons. The van der Waals surface area contributed by atoms with E-state index in [0.29, 0.717) is 12.0 Å². The van der Waals surface area contributed by atoms with Gasteiger partial charge in [-0.05, 0) is 18.8 Å². The minimum absolute atomic E-state index is 0.177. The highest BCUT2D eigenvalue weighted by Crippen LogP contribution is 2.31. The van der Waals surface area contributed by atoms with Crippen LogP contribution in [0.3, 0.4) is 0 Å². The number of thiazole rings is 1. The van der Waals surface area contributed by atoms with Gasteiger partial charge in [0.15, 0.2) is 0 Å². The van der Waals surface area contributed by atoms with E-state index in [-0.39, 0.29) is 5.41 Å². The Balaban J connectivity index is 2.01. The summed E-state index contributed by atoms with van der Waals surface area (Å²) in [5, 5.41) is 3.46. The van der Waals surface area contributed by atoms with Crippen LogP contribution in [0, 0.1) is 5.92 Å². The third kappa shape index (κ3) is 2.40. The van der Waals surface area contributed by atoms with Crippen LogP contribution in [0.1, 0.15) is 44.3 Å². The molecule has 1 aliphatic rings. The van der Waals surface area contributed by atoms with E-state index in [1.165, 1.54) is 23.5 Å². The summed E-state index contributed by atoms with van der Waals surface area (Å²) in [7, 11) is 0. The minimum Gasteiger partial charge on any atom is -0.327 e. The number of aromatic nitrogens is 1. The zero-order chi connectivity index (χ0) is 11.1. The van der Waals surface area contributed by atoms with Gasteiger partial charge in [-0.15, -0.1) is 11.3 Å². The fraction of sp³-hybridized carbons (Fsp3) is 0.750. The average Bonchev–Trinajstić information content (AvgIpc) is 2.59. The summed E-state index contributed by atoms with van der Waals surface area (Å²) in [6.07, 6.45) is 3.57. The van der Waals surface area contributed by atoms with Gasteiger partial charge in [-0.3, -0.25) is 0 Å². The molecular weight excluding hydrogens is 204 g/mol. The number of hydrogen-bond donors (Lipinski definition) is 1. The molecular formula is C12H20N2S. The third-order valence-electron chi connectivity index (χ3n) is 3.23. The number of nitrogens with two attached hydrogens (primary N) is 1. The molecule has 1 heterocycles. The second-order valence-electron chi connectivity index (χ2n) is 5.58. The van der Waals surface area contributed by atoms with E-state index in [1.54, 1.807) is 11.3 Å². The molecule has 0 aromatic carbocycles. The topological polar surface area (TPSA) is 38.9 Å². The van der Waals surface area contributed by atoms with Crippen molar-refractivity contribution < 1.29 is 0 Å². The Hall–Kier alpha value is -0.410. The summed E-state index contributed by atoms with van der Waals surface area (Å²) in [5.41, 5.74) is 7.34. The molecule has 1 saturated carbocycles. The van der Waals surface area contributed by atoms with Crippen LogP contribution in [0.15, 0.2) is 5.38 Å².